The summed E-state index contributed by atoms with van der Waals surface area (Å²) in [6.45, 7) is 0. The fourth-order valence-corrected chi connectivity index (χ4v) is 0.973. The monoisotopic (exact) mass is 317 g/mol. The van der Waals surface area contributed by atoms with Crippen LogP contribution in [0.4, 0.5) is 3.89 Å². The minimum atomic E-state index is -5.17. The van der Waals surface area contributed by atoms with Crippen LogP contribution < -0.4 is 5.73 Å². The van der Waals surface area contributed by atoms with Gasteiger partial charge in [-0.25, -0.2) is 0 Å². The van der Waals surface area contributed by atoms with E-state index in [1.54, 1.807) is 12.1 Å². The van der Waals surface area contributed by atoms with Gasteiger partial charge in [0.15, 0.2) is 0 Å². The molecule has 0 fully saturated rings. The summed E-state index contributed by atoms with van der Waals surface area (Å²) in [7, 11) is -5.17. The van der Waals surface area contributed by atoms with E-state index >= 15 is 0 Å². The van der Waals surface area contributed by atoms with Gasteiger partial charge < -0.3 is 15.9 Å². The van der Waals surface area contributed by atoms with Crippen molar-refractivity contribution in [1.82, 2.24) is 0 Å². The molecular weight excluding hydrogens is 305 g/mol. The van der Waals surface area contributed by atoms with E-state index < -0.39 is 22.5 Å². The average molecular weight is 318 g/mol. The van der Waals surface area contributed by atoms with E-state index in [9.17, 15) is 8.68 Å². The molecule has 1 aromatic rings. The Morgan fingerprint density at radius 2 is 1.68 bits per heavy atom. The molecule has 0 aromatic heterocycles. The predicted molar refractivity (Wildman–Crippen MR) is 67.3 cm³/mol. The van der Waals surface area contributed by atoms with Gasteiger partial charge in [0, 0.05) is 0 Å². The number of carboxylic acid groups (broad SMARTS) is 1. The van der Waals surface area contributed by atoms with Crippen molar-refractivity contribution in [3.63, 3.8) is 0 Å². The number of aromatic hydroxyl groups is 1. The van der Waals surface area contributed by atoms with Crippen molar-refractivity contribution in [3.8, 4) is 5.75 Å². The van der Waals surface area contributed by atoms with Crippen molar-refractivity contribution in [2.45, 2.75) is 12.5 Å². The number of halogens is 2. The lowest BCUT2D eigenvalue weighted by Crippen LogP contribution is -2.32. The largest absolute Gasteiger partial charge is 0.508 e. The Labute approximate surface area is 115 Å². The molecule has 0 bridgehead atoms. The fourth-order valence-electron chi connectivity index (χ4n) is 0.973. The summed E-state index contributed by atoms with van der Waals surface area (Å²) in [6.07, 6.45) is 0.273. The number of aliphatic carboxylic acids is 1. The molecule has 0 aliphatic carbocycles. The maximum Gasteiger partial charge on any atom is 0.435 e. The molecule has 0 aliphatic rings. The smallest absolute Gasteiger partial charge is 0.435 e. The first-order valence-electron chi connectivity index (χ1n) is 4.53. The lowest BCUT2D eigenvalue weighted by Gasteiger charge is -2.05. The van der Waals surface area contributed by atoms with Crippen molar-refractivity contribution >= 4 is 28.9 Å². The highest BCUT2D eigenvalue weighted by Crippen LogP contribution is 2.10. The molecule has 0 aliphatic heterocycles. The molecular formula is C9H13ClFNO6S. The van der Waals surface area contributed by atoms with Gasteiger partial charge in [0.25, 0.3) is 0 Å². The Hall–Kier alpha value is -1.42. The number of carboxylic acids is 1. The number of hydrogen-bond acceptors (Lipinski definition) is 5. The van der Waals surface area contributed by atoms with Crippen LogP contribution in [0.3, 0.4) is 0 Å². The SMILES string of the molecule is Cl.NC(Cc1ccc(O)cc1)C(=O)O.O=S(=O)(O)F. The van der Waals surface area contributed by atoms with E-state index in [2.05, 4.69) is 0 Å². The first kappa shape index (κ1) is 19.9. The van der Waals surface area contributed by atoms with Crippen molar-refractivity contribution < 1.29 is 31.9 Å². The van der Waals surface area contributed by atoms with Crippen LogP contribution in [-0.4, -0.2) is 35.2 Å². The lowest BCUT2D eigenvalue weighted by molar-refractivity contribution is -0.138. The topological polar surface area (TPSA) is 138 Å². The minimum absolute atomic E-state index is 0. The maximum atomic E-state index is 10.4. The molecule has 0 saturated heterocycles. The van der Waals surface area contributed by atoms with E-state index in [4.69, 9.17) is 28.9 Å². The van der Waals surface area contributed by atoms with Gasteiger partial charge in [0.2, 0.25) is 0 Å². The van der Waals surface area contributed by atoms with Gasteiger partial charge in [-0.1, -0.05) is 16.0 Å². The standard InChI is InChI=1S/C9H11NO3.ClH.FHO3S/c10-8(9(12)13)5-6-1-3-7(11)4-2-6;;1-5(2,3)4/h1-4,8,11H,5,10H2,(H,12,13);1H;(H,2,3,4). The normalized spacial score (nSPS) is 11.5. The quantitative estimate of drug-likeness (QED) is 0.471. The second-order valence-electron chi connectivity index (χ2n) is 3.23. The summed E-state index contributed by atoms with van der Waals surface area (Å²) in [5.74, 6) is -0.860. The summed E-state index contributed by atoms with van der Waals surface area (Å²) in [4.78, 5) is 10.4. The van der Waals surface area contributed by atoms with E-state index in [1.807, 2.05) is 0 Å². The maximum absolute atomic E-state index is 10.4. The van der Waals surface area contributed by atoms with Crippen LogP contribution in [0.1, 0.15) is 5.56 Å². The Morgan fingerprint density at radius 1 is 1.32 bits per heavy atom. The molecule has 19 heavy (non-hydrogen) atoms. The van der Waals surface area contributed by atoms with Gasteiger partial charge in [-0.05, 0) is 24.1 Å². The minimum Gasteiger partial charge on any atom is -0.508 e. The molecule has 0 amide bonds. The van der Waals surface area contributed by atoms with E-state index in [0.717, 1.165) is 5.56 Å². The van der Waals surface area contributed by atoms with Gasteiger partial charge in [-0.15, -0.1) is 12.4 Å². The number of carbonyl (C=O) groups is 1. The van der Waals surface area contributed by atoms with Gasteiger partial charge in [0.1, 0.15) is 11.8 Å². The van der Waals surface area contributed by atoms with Crippen molar-refractivity contribution in [2.24, 2.45) is 5.73 Å². The summed E-state index contributed by atoms with van der Waals surface area (Å²) in [5, 5.41) is 17.5. The third kappa shape index (κ3) is 12.8. The highest BCUT2D eigenvalue weighted by Gasteiger charge is 2.11. The number of benzene rings is 1. The zero-order chi connectivity index (χ0) is 14.3. The molecule has 1 unspecified atom stereocenters. The molecule has 0 heterocycles. The molecule has 1 aromatic carbocycles. The van der Waals surface area contributed by atoms with Gasteiger partial charge in [-0.3, -0.25) is 9.35 Å². The predicted octanol–water partition coefficient (Wildman–Crippen LogP) is 0.527. The van der Waals surface area contributed by atoms with Gasteiger partial charge >= 0.3 is 16.5 Å². The van der Waals surface area contributed by atoms with Crippen LogP contribution in [0.2, 0.25) is 0 Å². The number of phenolic OH excluding ortho intramolecular Hbond substituents is 1. The Bertz CT molecular complexity index is 484. The van der Waals surface area contributed by atoms with Crippen LogP contribution in [0.15, 0.2) is 24.3 Å². The first-order chi connectivity index (χ1) is 8.09. The summed E-state index contributed by atoms with van der Waals surface area (Å²) < 4.78 is 34.1. The van der Waals surface area contributed by atoms with E-state index in [-0.39, 0.29) is 24.6 Å². The molecule has 5 N–H and O–H groups in total. The number of phenols is 1. The average Bonchev–Trinajstić information content (AvgIpc) is 2.18. The molecule has 0 radical (unpaired) electrons. The van der Waals surface area contributed by atoms with E-state index in [1.165, 1.54) is 12.1 Å². The second-order valence-corrected chi connectivity index (χ2v) is 4.05. The Balaban J connectivity index is 0. The molecule has 1 atom stereocenters. The van der Waals surface area contributed by atoms with E-state index in [0.29, 0.717) is 0 Å². The molecule has 0 saturated carbocycles. The molecule has 10 heteroatoms. The Kier molecular flexibility index (Phi) is 9.06. The summed E-state index contributed by atoms with van der Waals surface area (Å²) >= 11 is 0. The number of nitrogens with two attached hydrogens (primary N) is 1. The van der Waals surface area contributed by atoms with Crippen LogP contribution in [-0.2, 0) is 21.7 Å². The van der Waals surface area contributed by atoms with Crippen LogP contribution in [0.5, 0.6) is 5.75 Å². The van der Waals surface area contributed by atoms with Crippen LogP contribution in [0, 0.1) is 0 Å². The van der Waals surface area contributed by atoms with Crippen LogP contribution >= 0.6 is 12.4 Å². The van der Waals surface area contributed by atoms with Crippen LogP contribution in [0.25, 0.3) is 0 Å². The van der Waals surface area contributed by atoms with Crippen molar-refractivity contribution in [2.75, 3.05) is 0 Å². The highest BCUT2D eigenvalue weighted by molar-refractivity contribution is 7.80. The second kappa shape index (κ2) is 8.64. The zero-order valence-corrected chi connectivity index (χ0v) is 11.1. The first-order valence-corrected chi connectivity index (χ1v) is 5.87. The summed E-state index contributed by atoms with van der Waals surface area (Å²) in [5.41, 5.74) is 6.12. The van der Waals surface area contributed by atoms with Gasteiger partial charge in [-0.2, -0.15) is 8.42 Å². The Morgan fingerprint density at radius 3 is 2.00 bits per heavy atom. The molecule has 7 nitrogen and oxygen atoms in total. The fraction of sp³-hybridized carbons (Fsp3) is 0.222. The number of rotatable bonds is 3. The van der Waals surface area contributed by atoms with Crippen molar-refractivity contribution in [1.29, 1.82) is 0 Å². The molecule has 1 rings (SSSR count). The third-order valence-corrected chi connectivity index (χ3v) is 1.71. The van der Waals surface area contributed by atoms with Gasteiger partial charge in [0.05, 0.1) is 0 Å². The van der Waals surface area contributed by atoms with Crippen molar-refractivity contribution in [3.05, 3.63) is 29.8 Å². The highest BCUT2D eigenvalue weighted by atomic mass is 35.5. The third-order valence-electron chi connectivity index (χ3n) is 1.71. The zero-order valence-electron chi connectivity index (χ0n) is 9.43. The molecule has 110 valence electrons. The summed E-state index contributed by atoms with van der Waals surface area (Å²) in [6, 6.07) is 5.42. The number of hydrogen-bond donors (Lipinski definition) is 4. The lowest BCUT2D eigenvalue weighted by atomic mass is 10.1. The molecule has 0 spiro atoms.